The number of ether oxygens (including phenoxy) is 1. The van der Waals surface area contributed by atoms with Crippen LogP contribution in [-0.2, 0) is 18.8 Å². The lowest BCUT2D eigenvalue weighted by Crippen LogP contribution is -2.43. The highest BCUT2D eigenvalue weighted by atomic mass is 35.7. The maximum absolute atomic E-state index is 11.0. The minimum absolute atomic E-state index is 0.221. The van der Waals surface area contributed by atoms with Gasteiger partial charge in [-0.3, -0.25) is 4.79 Å². The minimum atomic E-state index is -3.90. The Balaban J connectivity index is 4.55. The fourth-order valence-electron chi connectivity index (χ4n) is 0.735. The molecule has 0 saturated carbocycles. The molecule has 0 saturated heterocycles. The molecule has 0 bridgehead atoms. The first-order valence-electron chi connectivity index (χ1n) is 3.57. The van der Waals surface area contributed by atoms with Crippen molar-refractivity contribution in [1.29, 1.82) is 0 Å². The first-order chi connectivity index (χ1) is 5.78. The van der Waals surface area contributed by atoms with E-state index in [0.29, 0.717) is 0 Å². The maximum Gasteiger partial charge on any atom is 0.324 e. The fourth-order valence-corrected chi connectivity index (χ4v) is 1.69. The van der Waals surface area contributed by atoms with Crippen LogP contribution in [0.2, 0.25) is 0 Å². The van der Waals surface area contributed by atoms with Crippen molar-refractivity contribution in [2.24, 2.45) is 5.92 Å². The number of halogens is 1. The number of rotatable bonds is 4. The molecule has 0 heterocycles. The Bertz CT molecular complexity index is 274. The Morgan fingerprint density at radius 2 is 1.92 bits per heavy atom. The van der Waals surface area contributed by atoms with Crippen LogP contribution in [0.15, 0.2) is 0 Å². The normalized spacial score (nSPS) is 14.2. The van der Waals surface area contributed by atoms with Gasteiger partial charge in [-0.2, -0.15) is 13.1 Å². The molecule has 5 nitrogen and oxygen atoms in total. The zero-order valence-corrected chi connectivity index (χ0v) is 9.15. The Kier molecular flexibility index (Phi) is 4.66. The van der Waals surface area contributed by atoms with Crippen LogP contribution < -0.4 is 4.72 Å². The number of nitrogens with one attached hydrogen (secondary N) is 1. The van der Waals surface area contributed by atoms with Crippen molar-refractivity contribution in [3.05, 3.63) is 0 Å². The molecule has 0 aromatic carbocycles. The number of carbonyl (C=O) groups excluding carboxylic acids is 1. The summed E-state index contributed by atoms with van der Waals surface area (Å²) in [6.45, 7) is 3.35. The summed E-state index contributed by atoms with van der Waals surface area (Å²) < 4.78 is 27.6. The van der Waals surface area contributed by atoms with E-state index in [9.17, 15) is 13.2 Å². The first kappa shape index (κ1) is 12.7. The highest BCUT2D eigenvalue weighted by molar-refractivity contribution is 8.12. The molecule has 1 N–H and O–H groups in total. The van der Waals surface area contributed by atoms with Gasteiger partial charge in [-0.05, 0) is 5.92 Å². The molecular formula is C6H12ClNO4S. The molecule has 0 fully saturated rings. The summed E-state index contributed by atoms with van der Waals surface area (Å²) in [6.07, 6.45) is 0. The predicted molar refractivity (Wildman–Crippen MR) is 48.6 cm³/mol. The molecule has 0 aliphatic rings. The van der Waals surface area contributed by atoms with Crippen LogP contribution in [0.5, 0.6) is 0 Å². The van der Waals surface area contributed by atoms with Crippen LogP contribution in [0, 0.1) is 5.92 Å². The van der Waals surface area contributed by atoms with E-state index in [4.69, 9.17) is 10.7 Å². The van der Waals surface area contributed by atoms with Crippen molar-refractivity contribution in [2.45, 2.75) is 19.9 Å². The maximum atomic E-state index is 11.0. The topological polar surface area (TPSA) is 72.5 Å². The van der Waals surface area contributed by atoms with Crippen LogP contribution in [-0.4, -0.2) is 27.5 Å². The molecule has 0 rings (SSSR count). The summed E-state index contributed by atoms with van der Waals surface area (Å²) >= 11 is 0. The van der Waals surface area contributed by atoms with E-state index in [1.165, 1.54) is 7.11 Å². The lowest BCUT2D eigenvalue weighted by atomic mass is 10.1. The molecule has 1 unspecified atom stereocenters. The summed E-state index contributed by atoms with van der Waals surface area (Å²) in [6, 6.07) is -0.938. The SMILES string of the molecule is COC(=O)C(NS(=O)(=O)Cl)C(C)C. The van der Waals surface area contributed by atoms with E-state index in [-0.39, 0.29) is 5.92 Å². The van der Waals surface area contributed by atoms with Crippen LogP contribution in [0.1, 0.15) is 13.8 Å². The van der Waals surface area contributed by atoms with Gasteiger partial charge in [0.25, 0.3) is 9.24 Å². The second-order valence-electron chi connectivity index (χ2n) is 2.80. The highest BCUT2D eigenvalue weighted by Crippen LogP contribution is 2.06. The lowest BCUT2D eigenvalue weighted by Gasteiger charge is -2.17. The predicted octanol–water partition coefficient (Wildman–Crippen LogP) is 0.257. The Morgan fingerprint density at radius 3 is 2.15 bits per heavy atom. The minimum Gasteiger partial charge on any atom is -0.468 e. The summed E-state index contributed by atoms with van der Waals surface area (Å²) in [5.41, 5.74) is 0. The van der Waals surface area contributed by atoms with Crippen LogP contribution in [0.4, 0.5) is 0 Å². The summed E-state index contributed by atoms with van der Waals surface area (Å²) in [5.74, 6) is -0.875. The van der Waals surface area contributed by atoms with Gasteiger partial charge >= 0.3 is 5.97 Å². The molecule has 0 radical (unpaired) electrons. The number of methoxy groups -OCH3 is 1. The van der Waals surface area contributed by atoms with Gasteiger partial charge in [0.2, 0.25) is 0 Å². The molecule has 0 aliphatic carbocycles. The molecule has 0 aliphatic heterocycles. The van der Waals surface area contributed by atoms with Crippen molar-refractivity contribution in [3.8, 4) is 0 Å². The fraction of sp³-hybridized carbons (Fsp3) is 0.833. The Hall–Kier alpha value is -0.330. The van der Waals surface area contributed by atoms with Gasteiger partial charge in [-0.25, -0.2) is 0 Å². The standard InChI is InChI=1S/C6H12ClNO4S/c1-4(2)5(6(9)12-3)8-13(7,10)11/h4-5,8H,1-3H3. The Labute approximate surface area is 82.0 Å². The van der Waals surface area contributed by atoms with E-state index >= 15 is 0 Å². The van der Waals surface area contributed by atoms with E-state index < -0.39 is 21.2 Å². The van der Waals surface area contributed by atoms with Gasteiger partial charge in [0, 0.05) is 10.7 Å². The number of hydrogen-bond donors (Lipinski definition) is 1. The van der Waals surface area contributed by atoms with Crippen molar-refractivity contribution in [3.63, 3.8) is 0 Å². The van der Waals surface area contributed by atoms with Gasteiger partial charge in [0.05, 0.1) is 7.11 Å². The average molecular weight is 230 g/mol. The smallest absolute Gasteiger partial charge is 0.324 e. The molecule has 0 spiro atoms. The molecule has 0 amide bonds. The largest absolute Gasteiger partial charge is 0.468 e. The van der Waals surface area contributed by atoms with Crippen molar-refractivity contribution in [2.75, 3.05) is 7.11 Å². The Morgan fingerprint density at radius 1 is 1.46 bits per heavy atom. The van der Waals surface area contributed by atoms with Crippen LogP contribution in [0.3, 0.4) is 0 Å². The van der Waals surface area contributed by atoms with E-state index in [0.717, 1.165) is 0 Å². The number of hydrogen-bond acceptors (Lipinski definition) is 4. The monoisotopic (exact) mass is 229 g/mol. The van der Waals surface area contributed by atoms with Gasteiger partial charge in [0.15, 0.2) is 0 Å². The molecule has 0 aromatic heterocycles. The second-order valence-corrected chi connectivity index (χ2v) is 5.13. The summed E-state index contributed by atoms with van der Waals surface area (Å²) in [7, 11) is 2.21. The summed E-state index contributed by atoms with van der Waals surface area (Å²) in [4.78, 5) is 11.0. The van der Waals surface area contributed by atoms with Crippen LogP contribution in [0.25, 0.3) is 0 Å². The van der Waals surface area contributed by atoms with Crippen molar-refractivity contribution >= 4 is 25.9 Å². The molecule has 7 heteroatoms. The molecule has 0 aromatic rings. The van der Waals surface area contributed by atoms with Gasteiger partial charge in [-0.1, -0.05) is 13.8 Å². The molecule has 1 atom stereocenters. The highest BCUT2D eigenvalue weighted by Gasteiger charge is 2.26. The third-order valence-electron chi connectivity index (χ3n) is 1.39. The van der Waals surface area contributed by atoms with Crippen LogP contribution >= 0.6 is 10.7 Å². The average Bonchev–Trinajstić information content (AvgIpc) is 1.96. The summed E-state index contributed by atoms with van der Waals surface area (Å²) in [5, 5.41) is 0. The van der Waals surface area contributed by atoms with E-state index in [1.807, 2.05) is 4.72 Å². The molecular weight excluding hydrogens is 218 g/mol. The third kappa shape index (κ3) is 5.07. The van der Waals surface area contributed by atoms with E-state index in [2.05, 4.69) is 4.74 Å². The second kappa shape index (κ2) is 4.78. The zero-order valence-electron chi connectivity index (χ0n) is 7.57. The van der Waals surface area contributed by atoms with Crippen molar-refractivity contribution in [1.82, 2.24) is 4.72 Å². The van der Waals surface area contributed by atoms with Gasteiger partial charge < -0.3 is 4.74 Å². The quantitative estimate of drug-likeness (QED) is 0.554. The third-order valence-corrected chi connectivity index (χ3v) is 2.19. The van der Waals surface area contributed by atoms with Gasteiger partial charge in [0.1, 0.15) is 6.04 Å². The molecule has 78 valence electrons. The first-order valence-corrected chi connectivity index (χ1v) is 5.88. The lowest BCUT2D eigenvalue weighted by molar-refractivity contribution is -0.143. The van der Waals surface area contributed by atoms with Crippen molar-refractivity contribution < 1.29 is 17.9 Å². The van der Waals surface area contributed by atoms with Gasteiger partial charge in [-0.15, -0.1) is 0 Å². The molecule has 13 heavy (non-hydrogen) atoms. The number of carbonyl (C=O) groups is 1. The zero-order chi connectivity index (χ0) is 10.6. The number of esters is 1. The van der Waals surface area contributed by atoms with E-state index in [1.54, 1.807) is 13.8 Å².